The summed E-state index contributed by atoms with van der Waals surface area (Å²) in [5.74, 6) is -0.237. The molecule has 35 heavy (non-hydrogen) atoms. The maximum atomic E-state index is 13.9. The molecule has 1 amide bonds. The third-order valence-electron chi connectivity index (χ3n) is 5.79. The van der Waals surface area contributed by atoms with E-state index in [-0.39, 0.29) is 23.0 Å². The Labute approximate surface area is 208 Å². The number of nitrogens with zero attached hydrogens (tertiary/aromatic N) is 3. The van der Waals surface area contributed by atoms with Crippen LogP contribution in [0.3, 0.4) is 0 Å². The van der Waals surface area contributed by atoms with Crippen LogP contribution in [-0.2, 0) is 0 Å². The monoisotopic (exact) mass is 511 g/mol. The number of thiocarbonyl (C=S) groups is 1. The summed E-state index contributed by atoms with van der Waals surface area (Å²) in [6.07, 6.45) is -3.91. The summed E-state index contributed by atoms with van der Waals surface area (Å²) in [6.45, 7) is 5.59. The zero-order valence-electron chi connectivity index (χ0n) is 20.2. The molecule has 0 saturated carbocycles. The zero-order valence-corrected chi connectivity index (χ0v) is 21.1. The molecule has 1 aromatic carbocycles. The van der Waals surface area contributed by atoms with Crippen molar-refractivity contribution < 1.29 is 18.0 Å². The van der Waals surface area contributed by atoms with Gasteiger partial charge in [-0.05, 0) is 56.3 Å². The number of alkyl halides is 3. The molecule has 1 aliphatic rings. The van der Waals surface area contributed by atoms with Crippen LogP contribution in [0.15, 0.2) is 30.3 Å². The summed E-state index contributed by atoms with van der Waals surface area (Å²) >= 11 is 5.11. The molecule has 0 fully saturated rings. The average Bonchev–Trinajstić information content (AvgIpc) is 3.23. The van der Waals surface area contributed by atoms with Gasteiger partial charge in [0.05, 0.1) is 6.04 Å². The van der Waals surface area contributed by atoms with Crippen LogP contribution in [0.5, 0.6) is 0 Å². The molecule has 1 aliphatic heterocycles. The first-order chi connectivity index (χ1) is 16.5. The van der Waals surface area contributed by atoms with Gasteiger partial charge in [0.25, 0.3) is 5.91 Å². The van der Waals surface area contributed by atoms with E-state index in [2.05, 4.69) is 40.4 Å². The van der Waals surface area contributed by atoms with Crippen molar-refractivity contribution in [1.82, 2.24) is 30.8 Å². The van der Waals surface area contributed by atoms with Gasteiger partial charge < -0.3 is 15.5 Å². The molecule has 0 saturated heterocycles. The van der Waals surface area contributed by atoms with Crippen molar-refractivity contribution >= 4 is 29.1 Å². The number of carbonyl (C=O) groups excluding carboxylic acids is 1. The third-order valence-corrected chi connectivity index (χ3v) is 6.03. The Kier molecular flexibility index (Phi) is 8.60. The molecule has 0 unspecified atom stereocenters. The van der Waals surface area contributed by atoms with E-state index in [4.69, 9.17) is 12.2 Å². The van der Waals surface area contributed by atoms with E-state index < -0.39 is 24.2 Å². The molecule has 0 radical (unpaired) electrons. The van der Waals surface area contributed by atoms with E-state index in [9.17, 15) is 18.0 Å². The summed E-state index contributed by atoms with van der Waals surface area (Å²) in [5, 5.41) is 10.2. The molecule has 3 rings (SSSR count). The van der Waals surface area contributed by atoms with Crippen LogP contribution in [-0.4, -0.2) is 59.1 Å². The highest BCUT2D eigenvalue weighted by atomic mass is 32.1. The molecule has 2 aromatic rings. The van der Waals surface area contributed by atoms with E-state index in [1.165, 1.54) is 6.07 Å². The lowest BCUT2D eigenvalue weighted by atomic mass is 9.94. The fourth-order valence-electron chi connectivity index (χ4n) is 3.84. The van der Waals surface area contributed by atoms with Crippen molar-refractivity contribution in [1.29, 1.82) is 0 Å². The van der Waals surface area contributed by atoms with Gasteiger partial charge >= 0.3 is 6.18 Å². The maximum absolute atomic E-state index is 13.9. The van der Waals surface area contributed by atoms with E-state index in [0.717, 1.165) is 28.8 Å². The van der Waals surface area contributed by atoms with Crippen LogP contribution in [0.4, 0.5) is 19.0 Å². The number of benzene rings is 1. The average molecular weight is 512 g/mol. The van der Waals surface area contributed by atoms with Gasteiger partial charge in [-0.2, -0.15) is 18.3 Å². The molecule has 12 heteroatoms. The number of amides is 1. The molecule has 0 bridgehead atoms. The second-order valence-electron chi connectivity index (χ2n) is 9.16. The molecule has 4 N–H and O–H groups in total. The highest BCUT2D eigenvalue weighted by molar-refractivity contribution is 7.80. The molecule has 1 aromatic heterocycles. The van der Waals surface area contributed by atoms with Crippen molar-refractivity contribution in [2.45, 2.75) is 50.9 Å². The van der Waals surface area contributed by atoms with Crippen molar-refractivity contribution in [2.75, 3.05) is 32.5 Å². The summed E-state index contributed by atoms with van der Waals surface area (Å²) in [5.41, 5.74) is 6.64. The molecule has 192 valence electrons. The fraction of sp³-hybridized carbons (Fsp3) is 0.522. The zero-order chi connectivity index (χ0) is 25.8. The molecule has 8 nitrogen and oxygen atoms in total. The fourth-order valence-corrected chi connectivity index (χ4v) is 3.99. The Morgan fingerprint density at radius 1 is 1.26 bits per heavy atom. The Morgan fingerprint density at radius 2 is 1.94 bits per heavy atom. The lowest BCUT2D eigenvalue weighted by molar-refractivity contribution is -0.173. The molecule has 2 atom stereocenters. The van der Waals surface area contributed by atoms with Crippen molar-refractivity contribution in [2.24, 2.45) is 0 Å². The number of anilines is 1. The highest BCUT2D eigenvalue weighted by Crippen LogP contribution is 2.43. The summed E-state index contributed by atoms with van der Waals surface area (Å²) in [7, 11) is 3.92. The highest BCUT2D eigenvalue weighted by Gasteiger charge is 2.46. The molecule has 0 spiro atoms. The van der Waals surface area contributed by atoms with E-state index in [1.54, 1.807) is 0 Å². The number of nitrogens with one attached hydrogen (secondary N) is 4. The van der Waals surface area contributed by atoms with Gasteiger partial charge in [-0.1, -0.05) is 38.1 Å². The normalized spacial score (nSPS) is 17.6. The van der Waals surface area contributed by atoms with Crippen LogP contribution in [0.2, 0.25) is 0 Å². The molecular formula is C23H32F3N7OS. The molecule has 2 heterocycles. The second kappa shape index (κ2) is 11.3. The van der Waals surface area contributed by atoms with E-state index in [1.807, 2.05) is 43.3 Å². The van der Waals surface area contributed by atoms with Crippen LogP contribution in [0.25, 0.3) is 0 Å². The standard InChI is InChI=1S/C23H32F3N7OS/c1-14(2)15-6-8-16(9-7-15)17-12-19(23(24,25)26)33-20(28-17)13-18(31-33)21(34)29-30-22(35)27-10-5-11-32(3)4/h6-9,13-14,17,19,28H,5,10-12H2,1-4H3,(H,29,34)(H2,27,30,35)/t17-,19+/m0/s1. The first-order valence-corrected chi connectivity index (χ1v) is 11.9. The van der Waals surface area contributed by atoms with Crippen molar-refractivity contribution in [3.05, 3.63) is 47.2 Å². The lowest BCUT2D eigenvalue weighted by Crippen LogP contribution is -2.47. The Morgan fingerprint density at radius 3 is 2.54 bits per heavy atom. The minimum atomic E-state index is -4.52. The Bertz CT molecular complexity index is 1020. The number of fused-ring (bicyclic) bond motifs is 1. The van der Waals surface area contributed by atoms with Gasteiger partial charge in [0.1, 0.15) is 5.82 Å². The predicted octanol–water partition coefficient (Wildman–Crippen LogP) is 3.73. The minimum Gasteiger partial charge on any atom is -0.363 e. The summed E-state index contributed by atoms with van der Waals surface area (Å²) in [4.78, 5) is 14.6. The van der Waals surface area contributed by atoms with E-state index in [0.29, 0.717) is 12.5 Å². The quantitative estimate of drug-likeness (QED) is 0.256. The Hall–Kier alpha value is -2.86. The van der Waals surface area contributed by atoms with Gasteiger partial charge in [0.2, 0.25) is 0 Å². The summed E-state index contributed by atoms with van der Waals surface area (Å²) < 4.78 is 42.6. The van der Waals surface area contributed by atoms with Gasteiger partial charge in [0.15, 0.2) is 16.8 Å². The van der Waals surface area contributed by atoms with Crippen LogP contribution >= 0.6 is 12.2 Å². The van der Waals surface area contributed by atoms with Crippen molar-refractivity contribution in [3.8, 4) is 0 Å². The number of hydrogen-bond donors (Lipinski definition) is 4. The summed E-state index contributed by atoms with van der Waals surface area (Å²) in [6, 6.07) is 6.43. The van der Waals surface area contributed by atoms with Gasteiger partial charge in [-0.15, -0.1) is 0 Å². The second-order valence-corrected chi connectivity index (χ2v) is 9.57. The smallest absolute Gasteiger partial charge is 0.363 e. The number of hydrazine groups is 1. The Balaban J connectivity index is 1.69. The van der Waals surface area contributed by atoms with E-state index >= 15 is 0 Å². The number of rotatable bonds is 7. The van der Waals surface area contributed by atoms with Crippen molar-refractivity contribution in [3.63, 3.8) is 0 Å². The number of halogens is 3. The molecule has 0 aliphatic carbocycles. The topological polar surface area (TPSA) is 86.2 Å². The third kappa shape index (κ3) is 7.07. The van der Waals surface area contributed by atoms with Crippen LogP contribution < -0.4 is 21.5 Å². The minimum absolute atomic E-state index is 0.131. The number of hydrogen-bond acceptors (Lipinski definition) is 5. The SMILES string of the molecule is CC(C)c1ccc([C@@H]2C[C@H](C(F)(F)F)n3nc(C(=O)NNC(=S)NCCCN(C)C)cc3N2)cc1. The largest absolute Gasteiger partial charge is 0.410 e. The van der Waals surface area contributed by atoms with Gasteiger partial charge in [0, 0.05) is 19.0 Å². The first-order valence-electron chi connectivity index (χ1n) is 11.5. The van der Waals surface area contributed by atoms with Gasteiger partial charge in [-0.3, -0.25) is 15.6 Å². The van der Waals surface area contributed by atoms with Crippen LogP contribution in [0.1, 0.15) is 66.3 Å². The maximum Gasteiger partial charge on any atom is 0.410 e. The first kappa shape index (κ1) is 26.7. The number of aromatic nitrogens is 2. The molecular weight excluding hydrogens is 479 g/mol. The van der Waals surface area contributed by atoms with Gasteiger partial charge in [-0.25, -0.2) is 4.68 Å². The predicted molar refractivity (Wildman–Crippen MR) is 133 cm³/mol. The van der Waals surface area contributed by atoms with Crippen LogP contribution in [0, 0.1) is 0 Å². The number of carbonyl (C=O) groups is 1. The lowest BCUT2D eigenvalue weighted by Gasteiger charge is -2.33.